The first-order valence-electron chi connectivity index (χ1n) is 16.7. The van der Waals surface area contributed by atoms with Gasteiger partial charge in [-0.3, -0.25) is 9.67 Å². The minimum atomic E-state index is 0.0154. The van der Waals surface area contributed by atoms with Gasteiger partial charge in [-0.2, -0.15) is 10.4 Å². The molecule has 9 nitrogen and oxygen atoms in total. The molecule has 2 aromatic heterocycles. The Labute approximate surface area is 300 Å². The number of ether oxygens (including phenoxy) is 2. The molecule has 11 heteroatoms. The number of aliphatic hydroxyl groups is 1. The lowest BCUT2D eigenvalue weighted by Crippen LogP contribution is -2.20. The first kappa shape index (κ1) is 34.9. The number of hydrogen-bond donors (Lipinski definition) is 2. The topological polar surface area (TPSA) is 108 Å². The molecule has 1 aliphatic rings. The van der Waals surface area contributed by atoms with Crippen LogP contribution in [0, 0.1) is 11.3 Å². The van der Waals surface area contributed by atoms with Crippen molar-refractivity contribution in [3.63, 3.8) is 0 Å². The van der Waals surface area contributed by atoms with Crippen LogP contribution >= 0.6 is 27.5 Å². The highest BCUT2D eigenvalue weighted by atomic mass is 79.9. The summed E-state index contributed by atoms with van der Waals surface area (Å²) >= 11 is 10.6. The van der Waals surface area contributed by atoms with Gasteiger partial charge in [-0.15, -0.1) is 0 Å². The normalized spacial score (nSPS) is 13.2. The number of aliphatic hydroxyl groups excluding tert-OH is 1. The first-order chi connectivity index (χ1) is 24.0. The van der Waals surface area contributed by atoms with E-state index in [9.17, 15) is 10.4 Å². The van der Waals surface area contributed by atoms with Crippen molar-refractivity contribution in [2.24, 2.45) is 0 Å². The molecule has 49 heavy (non-hydrogen) atoms. The molecule has 5 aromatic rings. The van der Waals surface area contributed by atoms with E-state index >= 15 is 0 Å². The Morgan fingerprint density at radius 3 is 2.55 bits per heavy atom. The van der Waals surface area contributed by atoms with E-state index in [2.05, 4.69) is 66.1 Å². The molecular formula is C38H40BrClN6O3. The molecule has 0 saturated carbocycles. The van der Waals surface area contributed by atoms with Crippen LogP contribution in [0.3, 0.4) is 0 Å². The molecule has 0 aliphatic carbocycles. The maximum absolute atomic E-state index is 9.25. The number of halogens is 2. The van der Waals surface area contributed by atoms with Gasteiger partial charge in [-0.25, -0.2) is 0 Å². The Morgan fingerprint density at radius 2 is 1.71 bits per heavy atom. The van der Waals surface area contributed by atoms with Crippen LogP contribution in [0.2, 0.25) is 5.02 Å². The highest BCUT2D eigenvalue weighted by Crippen LogP contribution is 2.38. The fourth-order valence-corrected chi connectivity index (χ4v) is 7.06. The summed E-state index contributed by atoms with van der Waals surface area (Å²) in [6.45, 7) is 5.94. The molecular weight excluding hydrogens is 704 g/mol. The van der Waals surface area contributed by atoms with Gasteiger partial charge in [0, 0.05) is 64.6 Å². The first-order valence-corrected chi connectivity index (χ1v) is 17.9. The quantitative estimate of drug-likeness (QED) is 0.100. The van der Waals surface area contributed by atoms with E-state index in [-0.39, 0.29) is 19.8 Å². The number of rotatable bonds is 16. The summed E-state index contributed by atoms with van der Waals surface area (Å²) in [5, 5.41) is 28.0. The van der Waals surface area contributed by atoms with Crippen LogP contribution in [0.25, 0.3) is 22.0 Å². The summed E-state index contributed by atoms with van der Waals surface area (Å²) in [7, 11) is 0. The van der Waals surface area contributed by atoms with Crippen molar-refractivity contribution < 1.29 is 14.6 Å². The summed E-state index contributed by atoms with van der Waals surface area (Å²) in [5.41, 5.74) is 6.33. The van der Waals surface area contributed by atoms with Crippen LogP contribution in [0.4, 0.5) is 0 Å². The largest absolute Gasteiger partial charge is 0.488 e. The molecule has 254 valence electrons. The molecule has 2 N–H and O–H groups in total. The summed E-state index contributed by atoms with van der Waals surface area (Å²) in [6, 6.07) is 20.0. The minimum absolute atomic E-state index is 0.0154. The summed E-state index contributed by atoms with van der Waals surface area (Å²) in [6.07, 6.45) is 10.1. The standard InChI is InChI=1S/C38H40BrClN6O3/c39-38-29(7-5-9-32(38)31-8-6-10-35-33(31)24-44-46(35)15-4-3-14-45-12-1-2-13-45)26-49-37-19-36(30(18-34(37)40)23-42-11-16-47)48-25-28-17-27(20-41)21-43-22-28/h5-10,17-19,21-22,24,42,47H,1-4,11-16,23,25-26H2. The molecule has 0 radical (unpaired) electrons. The Bertz CT molecular complexity index is 1920. The van der Waals surface area contributed by atoms with Crippen molar-refractivity contribution >= 4 is 38.4 Å². The third-order valence-corrected chi connectivity index (χ3v) is 10.0. The predicted molar refractivity (Wildman–Crippen MR) is 196 cm³/mol. The van der Waals surface area contributed by atoms with Crippen molar-refractivity contribution in [3.8, 4) is 28.7 Å². The highest BCUT2D eigenvalue weighted by Gasteiger charge is 2.17. The van der Waals surface area contributed by atoms with E-state index in [1.165, 1.54) is 45.1 Å². The van der Waals surface area contributed by atoms with Gasteiger partial charge in [-0.1, -0.05) is 41.9 Å². The molecule has 0 amide bonds. The summed E-state index contributed by atoms with van der Waals surface area (Å²) in [5.74, 6) is 1.07. The zero-order chi connectivity index (χ0) is 34.0. The zero-order valence-corrected chi connectivity index (χ0v) is 29.7. The lowest BCUT2D eigenvalue weighted by Gasteiger charge is -2.17. The molecule has 1 fully saturated rings. The van der Waals surface area contributed by atoms with Crippen LogP contribution in [-0.2, 0) is 26.3 Å². The second-order valence-corrected chi connectivity index (χ2v) is 13.4. The molecule has 6 rings (SSSR count). The third-order valence-electron chi connectivity index (χ3n) is 8.77. The second-order valence-electron chi connectivity index (χ2n) is 12.2. The zero-order valence-electron chi connectivity index (χ0n) is 27.4. The molecule has 3 aromatic carbocycles. The van der Waals surface area contributed by atoms with Gasteiger partial charge in [-0.05, 0) is 90.6 Å². The molecule has 1 aliphatic heterocycles. The average Bonchev–Trinajstić information content (AvgIpc) is 3.80. The predicted octanol–water partition coefficient (Wildman–Crippen LogP) is 7.50. The third kappa shape index (κ3) is 8.79. The smallest absolute Gasteiger partial charge is 0.142 e. The van der Waals surface area contributed by atoms with Gasteiger partial charge in [0.15, 0.2) is 0 Å². The monoisotopic (exact) mass is 742 g/mol. The van der Waals surface area contributed by atoms with Crippen LogP contribution in [0.1, 0.15) is 47.9 Å². The SMILES string of the molecule is N#Cc1cncc(COc2cc(OCc3cccc(-c4cccc5c4cnn5CCCCN4CCCC4)c3Br)c(Cl)cc2CNCCO)c1. The lowest BCUT2D eigenvalue weighted by molar-refractivity contribution is 0.282. The highest BCUT2D eigenvalue weighted by molar-refractivity contribution is 9.10. The van der Waals surface area contributed by atoms with Gasteiger partial charge in [0.1, 0.15) is 30.8 Å². The Balaban J connectivity index is 1.17. The number of likely N-dealkylation sites (tertiary alicyclic amines) is 1. The van der Waals surface area contributed by atoms with Gasteiger partial charge >= 0.3 is 0 Å². The van der Waals surface area contributed by atoms with E-state index in [4.69, 9.17) is 26.2 Å². The maximum atomic E-state index is 9.25. The number of pyridine rings is 1. The van der Waals surface area contributed by atoms with Gasteiger partial charge in [0.05, 0.1) is 28.9 Å². The Kier molecular flexibility index (Phi) is 12.2. The molecule has 0 unspecified atom stereocenters. The summed E-state index contributed by atoms with van der Waals surface area (Å²) < 4.78 is 15.6. The van der Waals surface area contributed by atoms with Crippen LogP contribution in [0.15, 0.2) is 77.7 Å². The second kappa shape index (κ2) is 17.1. The van der Waals surface area contributed by atoms with E-state index in [0.29, 0.717) is 35.2 Å². The fraction of sp³-hybridized carbons (Fsp3) is 0.342. The van der Waals surface area contributed by atoms with E-state index in [1.54, 1.807) is 18.3 Å². The maximum Gasteiger partial charge on any atom is 0.142 e. The lowest BCUT2D eigenvalue weighted by atomic mass is 10.00. The number of aryl methyl sites for hydroxylation is 1. The Hall–Kier alpha value is -3.98. The van der Waals surface area contributed by atoms with Crippen LogP contribution < -0.4 is 14.8 Å². The van der Waals surface area contributed by atoms with Crippen molar-refractivity contribution in [1.29, 1.82) is 5.26 Å². The van der Waals surface area contributed by atoms with Crippen molar-refractivity contribution in [1.82, 2.24) is 25.0 Å². The number of unbranched alkanes of at least 4 members (excludes halogenated alkanes) is 1. The summed E-state index contributed by atoms with van der Waals surface area (Å²) in [4.78, 5) is 6.70. The molecule has 3 heterocycles. The Morgan fingerprint density at radius 1 is 0.918 bits per heavy atom. The number of nitrogens with zero attached hydrogens (tertiary/aromatic N) is 5. The van der Waals surface area contributed by atoms with Gasteiger partial charge in [0.2, 0.25) is 0 Å². The number of aromatic nitrogens is 3. The number of fused-ring (bicyclic) bond motifs is 1. The average molecular weight is 744 g/mol. The molecule has 0 atom stereocenters. The fourth-order valence-electron chi connectivity index (χ4n) is 6.22. The van der Waals surface area contributed by atoms with Gasteiger partial charge in [0.25, 0.3) is 0 Å². The van der Waals surface area contributed by atoms with E-state index in [0.717, 1.165) is 56.2 Å². The van der Waals surface area contributed by atoms with E-state index in [1.807, 2.05) is 24.4 Å². The molecule has 0 spiro atoms. The van der Waals surface area contributed by atoms with Crippen LogP contribution in [-0.4, -0.2) is 57.6 Å². The molecule has 0 bridgehead atoms. The van der Waals surface area contributed by atoms with E-state index < -0.39 is 0 Å². The number of nitriles is 1. The van der Waals surface area contributed by atoms with Crippen molar-refractivity contribution in [3.05, 3.63) is 105 Å². The minimum Gasteiger partial charge on any atom is -0.488 e. The van der Waals surface area contributed by atoms with Crippen molar-refractivity contribution in [2.45, 2.75) is 52.0 Å². The number of benzene rings is 3. The van der Waals surface area contributed by atoms with Gasteiger partial charge < -0.3 is 24.8 Å². The van der Waals surface area contributed by atoms with Crippen molar-refractivity contribution in [2.75, 3.05) is 32.8 Å². The van der Waals surface area contributed by atoms with Crippen LogP contribution in [0.5, 0.6) is 11.5 Å². The number of nitrogens with one attached hydrogen (secondary N) is 1. The number of hydrogen-bond acceptors (Lipinski definition) is 8. The molecule has 1 saturated heterocycles.